The molecular weight excluding hydrogens is 615 g/mol. The van der Waals surface area contributed by atoms with Gasteiger partial charge in [-0.3, -0.25) is 9.59 Å². The number of methoxy groups -OCH3 is 1. The Balaban J connectivity index is 1.71. The molecule has 2 aromatic rings. The second kappa shape index (κ2) is 15.2. The molecule has 4 rings (SSSR count). The molecule has 0 unspecified atom stereocenters. The number of carbonyl (C=O) groups excluding carboxylic acids is 3. The molecule has 48 heavy (non-hydrogen) atoms. The first kappa shape index (κ1) is 37.0. The number of aromatic nitrogens is 2. The third kappa shape index (κ3) is 9.21. The van der Waals surface area contributed by atoms with Crippen molar-refractivity contribution in [2.75, 3.05) is 56.7 Å². The van der Waals surface area contributed by atoms with Gasteiger partial charge in [-0.15, -0.1) is 0 Å². The van der Waals surface area contributed by atoms with Crippen molar-refractivity contribution in [3.05, 3.63) is 47.2 Å². The number of nitrogens with one attached hydrogen (secondary N) is 1. The molecular formula is C36H53FN6O5. The van der Waals surface area contributed by atoms with Gasteiger partial charge >= 0.3 is 6.09 Å². The van der Waals surface area contributed by atoms with E-state index in [9.17, 15) is 18.8 Å². The Hall–Kier alpha value is -3.80. The lowest BCUT2D eigenvalue weighted by molar-refractivity contribution is -0.124. The Morgan fingerprint density at radius 3 is 2.50 bits per heavy atom. The molecule has 2 atom stereocenters. The van der Waals surface area contributed by atoms with E-state index in [0.717, 1.165) is 12.0 Å². The quantitative estimate of drug-likeness (QED) is 0.322. The first-order chi connectivity index (χ1) is 22.5. The number of hydrogen-bond donors (Lipinski definition) is 1. The van der Waals surface area contributed by atoms with Gasteiger partial charge in [0.2, 0.25) is 5.91 Å². The van der Waals surface area contributed by atoms with Crippen LogP contribution in [-0.4, -0.2) is 95.8 Å². The van der Waals surface area contributed by atoms with Crippen LogP contribution in [0.3, 0.4) is 0 Å². The Labute approximate surface area is 284 Å². The zero-order chi connectivity index (χ0) is 35.4. The number of nitrogens with zero attached hydrogens (tertiary/aromatic N) is 5. The van der Waals surface area contributed by atoms with Crippen molar-refractivity contribution >= 4 is 29.4 Å². The van der Waals surface area contributed by atoms with E-state index in [1.54, 1.807) is 49.9 Å². The largest absolute Gasteiger partial charge is 0.444 e. The van der Waals surface area contributed by atoms with Gasteiger partial charge in [0, 0.05) is 63.7 Å². The molecule has 264 valence electrons. The number of anilines is 2. The molecule has 0 saturated carbocycles. The molecule has 12 heteroatoms. The molecule has 1 fully saturated rings. The van der Waals surface area contributed by atoms with E-state index in [1.807, 2.05) is 34.6 Å². The highest BCUT2D eigenvalue weighted by Gasteiger charge is 2.42. The van der Waals surface area contributed by atoms with Crippen LogP contribution in [0.2, 0.25) is 0 Å². The van der Waals surface area contributed by atoms with E-state index in [-0.39, 0.29) is 36.2 Å². The van der Waals surface area contributed by atoms with Gasteiger partial charge in [0.05, 0.1) is 12.0 Å². The molecule has 1 aromatic heterocycles. The molecule has 1 N–H and O–H groups in total. The molecule has 0 aliphatic carbocycles. The van der Waals surface area contributed by atoms with Gasteiger partial charge in [-0.2, -0.15) is 0 Å². The predicted octanol–water partition coefficient (Wildman–Crippen LogP) is 5.67. The van der Waals surface area contributed by atoms with Gasteiger partial charge in [0.25, 0.3) is 5.91 Å². The van der Waals surface area contributed by atoms with Gasteiger partial charge in [-0.1, -0.05) is 40.7 Å². The highest BCUT2D eigenvalue weighted by molar-refractivity contribution is 5.99. The fourth-order valence-corrected chi connectivity index (χ4v) is 6.16. The summed E-state index contributed by atoms with van der Waals surface area (Å²) in [6.45, 7) is 17.7. The maximum absolute atomic E-state index is 14.6. The number of fused-ring (bicyclic) bond motifs is 1. The van der Waals surface area contributed by atoms with E-state index < -0.39 is 29.5 Å². The Bertz CT molecular complexity index is 1470. The minimum absolute atomic E-state index is 0.0846. The standard InChI is InChI=1S/C36H53FN6O5/c1-23(2)20-43(32(45)28-19-39-33(35(3,4)5)40-30(28)38-14-10-16-47-9)27-17-25(21-41(22-27)34(46)48-36(6,7)8)31(44)42-15-13-24-11-12-26(37)18-29(24)42/h11-12,18-19,23,25,27H,10,13-17,20-22H2,1-9H3,(H,38,39,40)/t25-,27+/m1/s1. The van der Waals surface area contributed by atoms with Crippen molar-refractivity contribution in [1.29, 1.82) is 0 Å². The zero-order valence-electron chi connectivity index (χ0n) is 30.1. The molecule has 0 radical (unpaired) electrons. The number of hydrogen-bond acceptors (Lipinski definition) is 8. The Kier molecular flexibility index (Phi) is 11.7. The van der Waals surface area contributed by atoms with Crippen LogP contribution in [0.4, 0.5) is 20.7 Å². The van der Waals surface area contributed by atoms with E-state index in [4.69, 9.17) is 14.5 Å². The van der Waals surface area contributed by atoms with Crippen molar-refractivity contribution < 1.29 is 28.2 Å². The summed E-state index contributed by atoms with van der Waals surface area (Å²) < 4.78 is 25.2. The lowest BCUT2D eigenvalue weighted by Crippen LogP contribution is -2.58. The average molecular weight is 669 g/mol. The first-order valence-electron chi connectivity index (χ1n) is 17.0. The third-order valence-electron chi connectivity index (χ3n) is 8.41. The van der Waals surface area contributed by atoms with Crippen LogP contribution in [0.1, 0.15) is 90.0 Å². The van der Waals surface area contributed by atoms with E-state index in [1.165, 1.54) is 17.0 Å². The monoisotopic (exact) mass is 668 g/mol. The maximum Gasteiger partial charge on any atom is 0.410 e. The molecule has 0 bridgehead atoms. The van der Waals surface area contributed by atoms with Crippen LogP contribution in [-0.2, 0) is 26.1 Å². The molecule has 0 spiro atoms. The summed E-state index contributed by atoms with van der Waals surface area (Å²) in [7, 11) is 1.64. The van der Waals surface area contributed by atoms with E-state index >= 15 is 0 Å². The molecule has 11 nitrogen and oxygen atoms in total. The van der Waals surface area contributed by atoms with Gasteiger partial charge in [-0.05, 0) is 63.6 Å². The van der Waals surface area contributed by atoms with Crippen LogP contribution in [0.5, 0.6) is 0 Å². The topological polar surface area (TPSA) is 117 Å². The normalized spacial score (nSPS) is 18.1. The van der Waals surface area contributed by atoms with Crippen molar-refractivity contribution in [3.63, 3.8) is 0 Å². The van der Waals surface area contributed by atoms with Crippen molar-refractivity contribution in [2.45, 2.75) is 91.7 Å². The van der Waals surface area contributed by atoms with Crippen LogP contribution >= 0.6 is 0 Å². The molecule has 3 amide bonds. The number of benzene rings is 1. The van der Waals surface area contributed by atoms with E-state index in [2.05, 4.69) is 10.3 Å². The number of piperidine rings is 1. The Morgan fingerprint density at radius 2 is 1.85 bits per heavy atom. The first-order valence-corrected chi connectivity index (χ1v) is 17.0. The number of carbonyl (C=O) groups is 3. The lowest BCUT2D eigenvalue weighted by atomic mass is 9.91. The summed E-state index contributed by atoms with van der Waals surface area (Å²) in [4.78, 5) is 56.6. The fourth-order valence-electron chi connectivity index (χ4n) is 6.16. The number of rotatable bonds is 10. The SMILES string of the molecule is COCCCNc1nc(C(C)(C)C)ncc1C(=O)N(CC(C)C)[C@H]1C[C@@H](C(=O)N2CCc3ccc(F)cc32)CN(C(=O)OC(C)(C)C)C1. The van der Waals surface area contributed by atoms with Crippen molar-refractivity contribution in [2.24, 2.45) is 11.8 Å². The van der Waals surface area contributed by atoms with Gasteiger partial charge in [0.15, 0.2) is 0 Å². The second-order valence-electron chi connectivity index (χ2n) is 15.3. The predicted molar refractivity (Wildman–Crippen MR) is 184 cm³/mol. The second-order valence-corrected chi connectivity index (χ2v) is 15.3. The van der Waals surface area contributed by atoms with Gasteiger partial charge in [0.1, 0.15) is 28.6 Å². The summed E-state index contributed by atoms with van der Waals surface area (Å²) in [5.41, 5.74) is 0.688. The minimum Gasteiger partial charge on any atom is -0.444 e. The van der Waals surface area contributed by atoms with Crippen LogP contribution < -0.4 is 10.2 Å². The van der Waals surface area contributed by atoms with E-state index in [0.29, 0.717) is 62.0 Å². The average Bonchev–Trinajstić information content (AvgIpc) is 3.42. The maximum atomic E-state index is 14.6. The Morgan fingerprint density at radius 1 is 1.12 bits per heavy atom. The number of likely N-dealkylation sites (tertiary alicyclic amines) is 1. The number of amides is 3. The van der Waals surface area contributed by atoms with Crippen molar-refractivity contribution in [1.82, 2.24) is 19.8 Å². The summed E-state index contributed by atoms with van der Waals surface area (Å²) in [5.74, 6) is -0.411. The smallest absolute Gasteiger partial charge is 0.410 e. The van der Waals surface area contributed by atoms with Crippen LogP contribution in [0.15, 0.2) is 24.4 Å². The number of halogens is 1. The lowest BCUT2D eigenvalue weighted by Gasteiger charge is -2.43. The molecule has 2 aliphatic rings. The highest BCUT2D eigenvalue weighted by Crippen LogP contribution is 2.34. The van der Waals surface area contributed by atoms with Gasteiger partial charge < -0.3 is 29.5 Å². The zero-order valence-corrected chi connectivity index (χ0v) is 30.1. The number of ether oxygens (including phenoxy) is 2. The van der Waals surface area contributed by atoms with Crippen LogP contribution in [0, 0.1) is 17.7 Å². The molecule has 1 aromatic carbocycles. The minimum atomic E-state index is -0.752. The highest BCUT2D eigenvalue weighted by atomic mass is 19.1. The van der Waals surface area contributed by atoms with Gasteiger partial charge in [-0.25, -0.2) is 19.2 Å². The van der Waals surface area contributed by atoms with Crippen LogP contribution in [0.25, 0.3) is 0 Å². The fraction of sp³-hybridized carbons (Fsp3) is 0.639. The summed E-state index contributed by atoms with van der Waals surface area (Å²) >= 11 is 0. The molecule has 2 aliphatic heterocycles. The van der Waals surface area contributed by atoms with Crippen molar-refractivity contribution in [3.8, 4) is 0 Å². The third-order valence-corrected chi connectivity index (χ3v) is 8.41. The summed E-state index contributed by atoms with van der Waals surface area (Å²) in [6.07, 6.45) is 2.70. The summed E-state index contributed by atoms with van der Waals surface area (Å²) in [5, 5.41) is 3.33. The molecule has 1 saturated heterocycles. The summed E-state index contributed by atoms with van der Waals surface area (Å²) in [6, 6.07) is 4.00. The molecule has 3 heterocycles.